The molecule has 0 rings (SSSR count). The van der Waals surface area contributed by atoms with Crippen LogP contribution in [0.4, 0.5) is 0 Å². The molecule has 0 heterocycles. The van der Waals surface area contributed by atoms with Crippen molar-refractivity contribution >= 4 is 0 Å². The molecule has 0 N–H and O–H groups in total. The Morgan fingerprint density at radius 1 is 0.733 bits per heavy atom. The van der Waals surface area contributed by atoms with E-state index < -0.39 is 0 Å². The van der Waals surface area contributed by atoms with E-state index in [-0.39, 0.29) is 0 Å². The zero-order valence-corrected chi connectivity index (χ0v) is 11.1. The Bertz CT molecular complexity index is 144. The Hall–Kier alpha value is -0.260. The molecule has 0 aliphatic carbocycles. The lowest BCUT2D eigenvalue weighted by Crippen LogP contribution is -1.85. The van der Waals surface area contributed by atoms with Crippen molar-refractivity contribution in [2.45, 2.75) is 85.0 Å². The lowest BCUT2D eigenvalue weighted by molar-refractivity contribution is 0.600. The largest absolute Gasteiger partial charge is 0.0856 e. The number of rotatable bonds is 10. The lowest BCUT2D eigenvalue weighted by atomic mass is 10.0. The molecule has 0 spiro atoms. The monoisotopic (exact) mass is 210 g/mol. The highest BCUT2D eigenvalue weighted by molar-refractivity contribution is 5.01. The lowest BCUT2D eigenvalue weighted by Gasteiger charge is -2.05. The Kier molecular flexibility index (Phi) is 11.6. The molecule has 0 nitrogen and oxygen atoms in total. The molecule has 0 aromatic heterocycles. The summed E-state index contributed by atoms with van der Waals surface area (Å²) in [5.41, 5.74) is 1.70. The summed E-state index contributed by atoms with van der Waals surface area (Å²) in [5, 5.41) is 0. The second kappa shape index (κ2) is 11.8. The summed E-state index contributed by atoms with van der Waals surface area (Å²) in [4.78, 5) is 0. The van der Waals surface area contributed by atoms with Crippen LogP contribution in [0.25, 0.3) is 0 Å². The fourth-order valence-corrected chi connectivity index (χ4v) is 2.07. The van der Waals surface area contributed by atoms with Crippen LogP contribution in [0.2, 0.25) is 0 Å². The van der Waals surface area contributed by atoms with Crippen molar-refractivity contribution in [1.82, 2.24) is 0 Å². The Morgan fingerprint density at radius 3 is 2.00 bits per heavy atom. The molecule has 0 bridgehead atoms. The van der Waals surface area contributed by atoms with Gasteiger partial charge in [-0.1, -0.05) is 70.9 Å². The molecule has 0 radical (unpaired) electrons. The van der Waals surface area contributed by atoms with Crippen molar-refractivity contribution in [3.63, 3.8) is 0 Å². The van der Waals surface area contributed by atoms with Crippen LogP contribution in [0, 0.1) is 0 Å². The van der Waals surface area contributed by atoms with Gasteiger partial charge in [-0.2, -0.15) is 0 Å². The Morgan fingerprint density at radius 2 is 1.40 bits per heavy atom. The third-order valence-electron chi connectivity index (χ3n) is 2.92. The highest BCUT2D eigenvalue weighted by atomic mass is 14.0. The SMILES string of the molecule is CCC=C(CCC)CCCCCCCC. The second-order valence-corrected chi connectivity index (χ2v) is 4.54. The van der Waals surface area contributed by atoms with E-state index in [0.29, 0.717) is 0 Å². The standard InChI is InChI=1S/C15H30/c1-4-7-8-9-10-11-14-15(12-5-2)13-6-3/h12H,4-11,13-14H2,1-3H3. The van der Waals surface area contributed by atoms with E-state index in [1.165, 1.54) is 64.2 Å². The minimum Gasteiger partial charge on any atom is -0.0856 e. The Labute approximate surface area is 97.2 Å². The van der Waals surface area contributed by atoms with Crippen LogP contribution in [0.5, 0.6) is 0 Å². The number of hydrogen-bond acceptors (Lipinski definition) is 0. The molecule has 0 heteroatoms. The minimum atomic E-state index is 1.21. The molecule has 15 heavy (non-hydrogen) atoms. The molecule has 0 amide bonds. The topological polar surface area (TPSA) is 0 Å². The van der Waals surface area contributed by atoms with Gasteiger partial charge in [-0.05, 0) is 25.7 Å². The molecule has 0 aromatic carbocycles. The first kappa shape index (κ1) is 14.7. The van der Waals surface area contributed by atoms with E-state index in [1.807, 2.05) is 0 Å². The zero-order chi connectivity index (χ0) is 11.4. The minimum absolute atomic E-state index is 1.21. The molecule has 0 aliphatic heterocycles. The average Bonchev–Trinajstić information content (AvgIpc) is 2.24. The normalized spacial score (nSPS) is 12.1. The summed E-state index contributed by atoms with van der Waals surface area (Å²) in [7, 11) is 0. The van der Waals surface area contributed by atoms with Gasteiger partial charge in [0.15, 0.2) is 0 Å². The maximum Gasteiger partial charge on any atom is -0.0320 e. The van der Waals surface area contributed by atoms with Gasteiger partial charge in [-0.15, -0.1) is 0 Å². The summed E-state index contributed by atoms with van der Waals surface area (Å²) in [6.45, 7) is 6.81. The van der Waals surface area contributed by atoms with Gasteiger partial charge in [0.1, 0.15) is 0 Å². The summed E-state index contributed by atoms with van der Waals surface area (Å²) in [6, 6.07) is 0. The predicted molar refractivity (Wildman–Crippen MR) is 71.3 cm³/mol. The van der Waals surface area contributed by atoms with E-state index in [9.17, 15) is 0 Å². The first-order valence-electron chi connectivity index (χ1n) is 7.03. The zero-order valence-electron chi connectivity index (χ0n) is 11.1. The van der Waals surface area contributed by atoms with Gasteiger partial charge in [0.05, 0.1) is 0 Å². The van der Waals surface area contributed by atoms with Crippen LogP contribution in [0.15, 0.2) is 11.6 Å². The van der Waals surface area contributed by atoms with E-state index in [0.717, 1.165) is 0 Å². The third kappa shape index (κ3) is 10.0. The molecule has 0 saturated heterocycles. The van der Waals surface area contributed by atoms with Crippen LogP contribution in [-0.4, -0.2) is 0 Å². The van der Waals surface area contributed by atoms with Crippen molar-refractivity contribution < 1.29 is 0 Å². The average molecular weight is 210 g/mol. The van der Waals surface area contributed by atoms with Crippen molar-refractivity contribution in [2.24, 2.45) is 0 Å². The van der Waals surface area contributed by atoms with Gasteiger partial charge >= 0.3 is 0 Å². The van der Waals surface area contributed by atoms with Crippen LogP contribution in [0.3, 0.4) is 0 Å². The van der Waals surface area contributed by atoms with Gasteiger partial charge in [-0.3, -0.25) is 0 Å². The molecule has 90 valence electrons. The highest BCUT2D eigenvalue weighted by Gasteiger charge is 1.96. The van der Waals surface area contributed by atoms with Gasteiger partial charge in [-0.25, -0.2) is 0 Å². The first-order chi connectivity index (χ1) is 7.35. The van der Waals surface area contributed by atoms with E-state index >= 15 is 0 Å². The molecule has 0 unspecified atom stereocenters. The fourth-order valence-electron chi connectivity index (χ4n) is 2.07. The number of allylic oxidation sites excluding steroid dienone is 2. The predicted octanol–water partition coefficient (Wildman–Crippen LogP) is 5.87. The summed E-state index contributed by atoms with van der Waals surface area (Å²) in [5.74, 6) is 0. The van der Waals surface area contributed by atoms with Gasteiger partial charge in [0, 0.05) is 0 Å². The number of hydrogen-bond donors (Lipinski definition) is 0. The van der Waals surface area contributed by atoms with Crippen molar-refractivity contribution in [3.05, 3.63) is 11.6 Å². The van der Waals surface area contributed by atoms with Gasteiger partial charge < -0.3 is 0 Å². The van der Waals surface area contributed by atoms with E-state index in [1.54, 1.807) is 5.57 Å². The molecular weight excluding hydrogens is 180 g/mol. The summed E-state index contributed by atoms with van der Waals surface area (Å²) >= 11 is 0. The third-order valence-corrected chi connectivity index (χ3v) is 2.92. The molecule has 0 saturated carbocycles. The molecule has 0 aromatic rings. The highest BCUT2D eigenvalue weighted by Crippen LogP contribution is 2.16. The molecule has 0 aliphatic rings. The molecule has 0 atom stereocenters. The maximum absolute atomic E-state index is 2.44. The maximum atomic E-state index is 2.44. The fraction of sp³-hybridized carbons (Fsp3) is 0.867. The van der Waals surface area contributed by atoms with Crippen molar-refractivity contribution in [1.29, 1.82) is 0 Å². The molecule has 0 fully saturated rings. The number of unbranched alkanes of at least 4 members (excludes halogenated alkanes) is 5. The second-order valence-electron chi connectivity index (χ2n) is 4.54. The van der Waals surface area contributed by atoms with Gasteiger partial charge in [0.25, 0.3) is 0 Å². The smallest absolute Gasteiger partial charge is 0.0320 e. The van der Waals surface area contributed by atoms with Crippen molar-refractivity contribution in [2.75, 3.05) is 0 Å². The summed E-state index contributed by atoms with van der Waals surface area (Å²) < 4.78 is 0. The van der Waals surface area contributed by atoms with E-state index in [4.69, 9.17) is 0 Å². The molecular formula is C15H30. The van der Waals surface area contributed by atoms with Crippen molar-refractivity contribution in [3.8, 4) is 0 Å². The van der Waals surface area contributed by atoms with Crippen LogP contribution in [-0.2, 0) is 0 Å². The van der Waals surface area contributed by atoms with Gasteiger partial charge in [0.2, 0.25) is 0 Å². The van der Waals surface area contributed by atoms with Crippen LogP contribution < -0.4 is 0 Å². The van der Waals surface area contributed by atoms with Crippen LogP contribution in [0.1, 0.15) is 85.0 Å². The Balaban J connectivity index is 3.41. The van der Waals surface area contributed by atoms with Crippen LogP contribution >= 0.6 is 0 Å². The first-order valence-corrected chi connectivity index (χ1v) is 7.03. The quantitative estimate of drug-likeness (QED) is 0.312. The van der Waals surface area contributed by atoms with E-state index in [2.05, 4.69) is 26.8 Å². The summed E-state index contributed by atoms with van der Waals surface area (Å²) in [6.07, 6.45) is 16.2.